The molecule has 0 rings (SSSR count). The van der Waals surface area contributed by atoms with E-state index >= 15 is 0 Å². The average molecular weight is 149 g/mol. The lowest BCUT2D eigenvalue weighted by Gasteiger charge is -2.15. The SMILES string of the molecule is CC.CC(CS)N(C)C. The second-order valence-electron chi connectivity index (χ2n) is 2.00. The first-order chi connectivity index (χ1) is 4.18. The second-order valence-corrected chi connectivity index (χ2v) is 2.36. The van der Waals surface area contributed by atoms with Crippen LogP contribution in [0.5, 0.6) is 0 Å². The summed E-state index contributed by atoms with van der Waals surface area (Å²) in [5, 5.41) is 0. The van der Waals surface area contributed by atoms with Gasteiger partial charge in [0.05, 0.1) is 0 Å². The van der Waals surface area contributed by atoms with Crippen LogP contribution in [0, 0.1) is 0 Å². The number of rotatable bonds is 2. The Balaban J connectivity index is 0. The summed E-state index contributed by atoms with van der Waals surface area (Å²) in [4.78, 5) is 2.15. The van der Waals surface area contributed by atoms with Crippen molar-refractivity contribution in [3.63, 3.8) is 0 Å². The van der Waals surface area contributed by atoms with E-state index in [1.54, 1.807) is 0 Å². The van der Waals surface area contributed by atoms with Gasteiger partial charge in [-0.1, -0.05) is 13.8 Å². The van der Waals surface area contributed by atoms with Crippen molar-refractivity contribution in [2.45, 2.75) is 26.8 Å². The molecule has 0 bridgehead atoms. The van der Waals surface area contributed by atoms with Gasteiger partial charge in [-0.2, -0.15) is 12.6 Å². The standard InChI is InChI=1S/C5H13NS.C2H6/c1-5(4-7)6(2)3;1-2/h5,7H,4H2,1-3H3;1-2H3. The van der Waals surface area contributed by atoms with Crippen LogP contribution in [0.15, 0.2) is 0 Å². The Morgan fingerprint density at radius 3 is 1.67 bits per heavy atom. The molecule has 58 valence electrons. The fraction of sp³-hybridized carbons (Fsp3) is 1.00. The molecule has 0 aromatic carbocycles. The molecule has 0 aliphatic heterocycles. The van der Waals surface area contributed by atoms with E-state index in [0.717, 1.165) is 5.75 Å². The molecule has 0 saturated heterocycles. The molecular formula is C7H19NS. The predicted molar refractivity (Wildman–Crippen MR) is 48.4 cm³/mol. The summed E-state index contributed by atoms with van der Waals surface area (Å²) in [5.74, 6) is 0.938. The van der Waals surface area contributed by atoms with E-state index in [2.05, 4.69) is 38.5 Å². The number of thiol groups is 1. The van der Waals surface area contributed by atoms with Crippen molar-refractivity contribution in [3.05, 3.63) is 0 Å². The predicted octanol–water partition coefficient (Wildman–Crippen LogP) is 1.89. The zero-order valence-corrected chi connectivity index (χ0v) is 8.07. The lowest BCUT2D eigenvalue weighted by Crippen LogP contribution is -2.25. The maximum atomic E-state index is 4.11. The molecule has 9 heavy (non-hydrogen) atoms. The van der Waals surface area contributed by atoms with E-state index in [1.165, 1.54) is 0 Å². The van der Waals surface area contributed by atoms with Gasteiger partial charge in [-0.3, -0.25) is 0 Å². The van der Waals surface area contributed by atoms with Crippen LogP contribution in [0.25, 0.3) is 0 Å². The van der Waals surface area contributed by atoms with Crippen molar-refractivity contribution in [1.29, 1.82) is 0 Å². The molecule has 0 saturated carbocycles. The smallest absolute Gasteiger partial charge is 0.0149 e. The van der Waals surface area contributed by atoms with E-state index in [9.17, 15) is 0 Å². The van der Waals surface area contributed by atoms with Gasteiger partial charge < -0.3 is 4.90 Å². The van der Waals surface area contributed by atoms with Crippen LogP contribution in [0.4, 0.5) is 0 Å². The second kappa shape index (κ2) is 8.31. The Hall–Kier alpha value is 0.310. The summed E-state index contributed by atoms with van der Waals surface area (Å²) in [6.07, 6.45) is 0. The molecule has 0 spiro atoms. The van der Waals surface area contributed by atoms with Crippen molar-refractivity contribution in [2.24, 2.45) is 0 Å². The van der Waals surface area contributed by atoms with Gasteiger partial charge in [0.15, 0.2) is 0 Å². The lowest BCUT2D eigenvalue weighted by molar-refractivity contribution is 0.340. The highest BCUT2D eigenvalue weighted by atomic mass is 32.1. The van der Waals surface area contributed by atoms with E-state index in [-0.39, 0.29) is 0 Å². The van der Waals surface area contributed by atoms with Gasteiger partial charge in [0.2, 0.25) is 0 Å². The van der Waals surface area contributed by atoms with Crippen LogP contribution in [-0.2, 0) is 0 Å². The van der Waals surface area contributed by atoms with E-state index in [0.29, 0.717) is 6.04 Å². The molecule has 0 aromatic heterocycles. The van der Waals surface area contributed by atoms with Gasteiger partial charge >= 0.3 is 0 Å². The largest absolute Gasteiger partial charge is 0.306 e. The minimum Gasteiger partial charge on any atom is -0.306 e. The maximum Gasteiger partial charge on any atom is 0.0149 e. The minimum absolute atomic E-state index is 0.600. The van der Waals surface area contributed by atoms with E-state index < -0.39 is 0 Å². The average Bonchev–Trinajstić information content (AvgIpc) is 1.91. The van der Waals surface area contributed by atoms with Crippen LogP contribution < -0.4 is 0 Å². The Labute approximate surface area is 64.8 Å². The topological polar surface area (TPSA) is 3.24 Å². The monoisotopic (exact) mass is 149 g/mol. The van der Waals surface area contributed by atoms with E-state index in [1.807, 2.05) is 13.8 Å². The fourth-order valence-electron chi connectivity index (χ4n) is 0.163. The van der Waals surface area contributed by atoms with Crippen LogP contribution >= 0.6 is 12.6 Å². The fourth-order valence-corrected chi connectivity index (χ4v) is 0.490. The Morgan fingerprint density at radius 1 is 1.33 bits per heavy atom. The Kier molecular flexibility index (Phi) is 11.1. The lowest BCUT2D eigenvalue weighted by atomic mass is 10.4. The third-order valence-electron chi connectivity index (χ3n) is 1.15. The number of hydrogen-bond donors (Lipinski definition) is 1. The highest BCUT2D eigenvalue weighted by Gasteiger charge is 1.97. The van der Waals surface area contributed by atoms with Crippen molar-refractivity contribution in [2.75, 3.05) is 19.8 Å². The summed E-state index contributed by atoms with van der Waals surface area (Å²) in [6, 6.07) is 0.600. The summed E-state index contributed by atoms with van der Waals surface area (Å²) < 4.78 is 0. The van der Waals surface area contributed by atoms with Gasteiger partial charge in [-0.25, -0.2) is 0 Å². The molecule has 0 radical (unpaired) electrons. The molecule has 0 heterocycles. The highest BCUT2D eigenvalue weighted by molar-refractivity contribution is 7.80. The third kappa shape index (κ3) is 8.31. The number of hydrogen-bond acceptors (Lipinski definition) is 2. The van der Waals surface area contributed by atoms with Crippen molar-refractivity contribution in [1.82, 2.24) is 4.90 Å². The zero-order valence-electron chi connectivity index (χ0n) is 7.18. The molecular weight excluding hydrogens is 130 g/mol. The molecule has 0 aromatic rings. The van der Waals surface area contributed by atoms with E-state index in [4.69, 9.17) is 0 Å². The Morgan fingerprint density at radius 2 is 1.67 bits per heavy atom. The first-order valence-corrected chi connectivity index (χ1v) is 4.09. The van der Waals surface area contributed by atoms with Crippen molar-refractivity contribution >= 4 is 12.6 Å². The molecule has 1 atom stereocenters. The van der Waals surface area contributed by atoms with Gasteiger partial charge in [-0.05, 0) is 21.0 Å². The van der Waals surface area contributed by atoms with Gasteiger partial charge in [0.25, 0.3) is 0 Å². The van der Waals surface area contributed by atoms with Crippen LogP contribution in [0.3, 0.4) is 0 Å². The summed E-state index contributed by atoms with van der Waals surface area (Å²) in [6.45, 7) is 6.15. The van der Waals surface area contributed by atoms with Crippen molar-refractivity contribution in [3.8, 4) is 0 Å². The van der Waals surface area contributed by atoms with Gasteiger partial charge in [-0.15, -0.1) is 0 Å². The quantitative estimate of drug-likeness (QED) is 0.587. The molecule has 2 heteroatoms. The summed E-state index contributed by atoms with van der Waals surface area (Å²) in [5.41, 5.74) is 0. The third-order valence-corrected chi connectivity index (χ3v) is 1.67. The molecule has 1 nitrogen and oxygen atoms in total. The molecule has 0 amide bonds. The van der Waals surface area contributed by atoms with Crippen LogP contribution in [0.2, 0.25) is 0 Å². The normalized spacial score (nSPS) is 12.3. The first kappa shape index (κ1) is 12.0. The van der Waals surface area contributed by atoms with Gasteiger partial charge in [0.1, 0.15) is 0 Å². The van der Waals surface area contributed by atoms with Gasteiger partial charge in [0, 0.05) is 11.8 Å². The molecule has 1 unspecified atom stereocenters. The summed E-state index contributed by atoms with van der Waals surface area (Å²) >= 11 is 4.11. The van der Waals surface area contributed by atoms with Crippen LogP contribution in [0.1, 0.15) is 20.8 Å². The summed E-state index contributed by atoms with van der Waals surface area (Å²) in [7, 11) is 4.11. The highest BCUT2D eigenvalue weighted by Crippen LogP contribution is 1.91. The van der Waals surface area contributed by atoms with Crippen LogP contribution in [-0.4, -0.2) is 30.8 Å². The maximum absolute atomic E-state index is 4.11. The molecule has 0 aliphatic rings. The molecule has 0 fully saturated rings. The molecule has 0 aliphatic carbocycles. The molecule has 0 N–H and O–H groups in total. The Bertz CT molecular complexity index is 46.2. The number of nitrogens with zero attached hydrogens (tertiary/aromatic N) is 1. The van der Waals surface area contributed by atoms with Crippen molar-refractivity contribution < 1.29 is 0 Å². The minimum atomic E-state index is 0.600. The zero-order chi connectivity index (χ0) is 7.86. The first-order valence-electron chi connectivity index (χ1n) is 3.45.